The second kappa shape index (κ2) is 7.02. The van der Waals surface area contributed by atoms with E-state index in [0.29, 0.717) is 23.6 Å². The fourth-order valence-corrected chi connectivity index (χ4v) is 2.15. The van der Waals surface area contributed by atoms with Crippen molar-refractivity contribution in [3.8, 4) is 17.2 Å². The first-order valence-electron chi connectivity index (χ1n) is 7.75. The van der Waals surface area contributed by atoms with E-state index in [-0.39, 0.29) is 11.3 Å². The van der Waals surface area contributed by atoms with E-state index in [0.717, 1.165) is 5.56 Å². The number of aromatic hydroxyl groups is 1. The van der Waals surface area contributed by atoms with Crippen molar-refractivity contribution in [1.82, 2.24) is 5.32 Å². The SMILES string of the molecule is Cc1cccc(Oc2ccc(C(O)CNC(C)(C)C)cc2O)c1. The highest BCUT2D eigenvalue weighted by Gasteiger charge is 2.15. The van der Waals surface area contributed by atoms with Crippen LogP contribution in [0.1, 0.15) is 38.0 Å². The Hall–Kier alpha value is -2.04. The van der Waals surface area contributed by atoms with Crippen LogP contribution in [0, 0.1) is 6.92 Å². The van der Waals surface area contributed by atoms with Crippen molar-refractivity contribution in [3.05, 3.63) is 53.6 Å². The van der Waals surface area contributed by atoms with Crippen LogP contribution in [-0.4, -0.2) is 22.3 Å². The number of ether oxygens (including phenoxy) is 1. The number of aliphatic hydroxyl groups is 1. The first-order chi connectivity index (χ1) is 10.7. The summed E-state index contributed by atoms with van der Waals surface area (Å²) in [4.78, 5) is 0. The van der Waals surface area contributed by atoms with E-state index in [1.165, 1.54) is 0 Å². The Balaban J connectivity index is 2.08. The summed E-state index contributed by atoms with van der Waals surface area (Å²) in [6, 6.07) is 12.6. The van der Waals surface area contributed by atoms with Gasteiger partial charge in [0.25, 0.3) is 0 Å². The molecule has 1 atom stereocenters. The highest BCUT2D eigenvalue weighted by atomic mass is 16.5. The summed E-state index contributed by atoms with van der Waals surface area (Å²) in [7, 11) is 0. The van der Waals surface area contributed by atoms with Crippen molar-refractivity contribution < 1.29 is 14.9 Å². The number of rotatable bonds is 5. The molecule has 2 aromatic rings. The summed E-state index contributed by atoms with van der Waals surface area (Å²) >= 11 is 0. The summed E-state index contributed by atoms with van der Waals surface area (Å²) in [6.07, 6.45) is -0.687. The Morgan fingerprint density at radius 2 is 1.87 bits per heavy atom. The highest BCUT2D eigenvalue weighted by Crippen LogP contribution is 2.33. The molecule has 0 aliphatic rings. The highest BCUT2D eigenvalue weighted by molar-refractivity contribution is 5.45. The van der Waals surface area contributed by atoms with Crippen molar-refractivity contribution in [2.45, 2.75) is 39.3 Å². The number of phenols is 1. The molecule has 1 unspecified atom stereocenters. The topological polar surface area (TPSA) is 61.7 Å². The van der Waals surface area contributed by atoms with Gasteiger partial charge in [-0.3, -0.25) is 0 Å². The van der Waals surface area contributed by atoms with E-state index >= 15 is 0 Å². The number of benzene rings is 2. The normalized spacial score (nSPS) is 12.9. The molecular formula is C19H25NO3. The minimum absolute atomic E-state index is 0.0128. The third kappa shape index (κ3) is 5.27. The van der Waals surface area contributed by atoms with Crippen LogP contribution in [0.3, 0.4) is 0 Å². The van der Waals surface area contributed by atoms with Gasteiger partial charge in [-0.1, -0.05) is 18.2 Å². The summed E-state index contributed by atoms with van der Waals surface area (Å²) in [6.45, 7) is 8.51. The molecule has 0 fully saturated rings. The molecule has 2 rings (SSSR count). The predicted molar refractivity (Wildman–Crippen MR) is 92.1 cm³/mol. The van der Waals surface area contributed by atoms with Crippen molar-refractivity contribution in [2.75, 3.05) is 6.54 Å². The average molecular weight is 315 g/mol. The van der Waals surface area contributed by atoms with Gasteiger partial charge in [-0.25, -0.2) is 0 Å². The van der Waals surface area contributed by atoms with Crippen LogP contribution in [0.2, 0.25) is 0 Å². The lowest BCUT2D eigenvalue weighted by Crippen LogP contribution is -2.38. The first-order valence-corrected chi connectivity index (χ1v) is 7.75. The Labute approximate surface area is 137 Å². The first kappa shape index (κ1) is 17.3. The maximum Gasteiger partial charge on any atom is 0.169 e. The molecule has 0 heterocycles. The molecule has 0 bridgehead atoms. The molecule has 0 spiro atoms. The van der Waals surface area contributed by atoms with E-state index < -0.39 is 6.10 Å². The Morgan fingerprint density at radius 1 is 1.13 bits per heavy atom. The molecule has 2 aromatic carbocycles. The third-order valence-electron chi connectivity index (χ3n) is 3.41. The van der Waals surface area contributed by atoms with Gasteiger partial charge in [0.05, 0.1) is 6.10 Å². The van der Waals surface area contributed by atoms with Crippen LogP contribution in [0.15, 0.2) is 42.5 Å². The lowest BCUT2D eigenvalue weighted by molar-refractivity contribution is 0.163. The van der Waals surface area contributed by atoms with Crippen molar-refractivity contribution in [3.63, 3.8) is 0 Å². The molecule has 23 heavy (non-hydrogen) atoms. The molecular weight excluding hydrogens is 290 g/mol. The average Bonchev–Trinajstić information content (AvgIpc) is 2.46. The predicted octanol–water partition coefficient (Wildman–Crippen LogP) is 3.91. The molecule has 0 aliphatic heterocycles. The number of phenolic OH excluding ortho intramolecular Hbond substituents is 1. The lowest BCUT2D eigenvalue weighted by atomic mass is 10.1. The van der Waals surface area contributed by atoms with Crippen LogP contribution in [-0.2, 0) is 0 Å². The molecule has 3 N–H and O–H groups in total. The van der Waals surface area contributed by atoms with Gasteiger partial charge in [-0.2, -0.15) is 0 Å². The van der Waals surface area contributed by atoms with Gasteiger partial charge >= 0.3 is 0 Å². The van der Waals surface area contributed by atoms with Crippen molar-refractivity contribution in [2.24, 2.45) is 0 Å². The number of nitrogens with one attached hydrogen (secondary N) is 1. The minimum atomic E-state index is -0.687. The smallest absolute Gasteiger partial charge is 0.169 e. The maximum absolute atomic E-state index is 10.2. The second-order valence-corrected chi connectivity index (χ2v) is 6.79. The minimum Gasteiger partial charge on any atom is -0.504 e. The molecule has 0 aliphatic carbocycles. The third-order valence-corrected chi connectivity index (χ3v) is 3.41. The quantitative estimate of drug-likeness (QED) is 0.783. The Kier molecular flexibility index (Phi) is 5.29. The largest absolute Gasteiger partial charge is 0.504 e. The van der Waals surface area contributed by atoms with Gasteiger partial charge in [-0.15, -0.1) is 0 Å². The number of aliphatic hydroxyl groups excluding tert-OH is 1. The van der Waals surface area contributed by atoms with Gasteiger partial charge in [0, 0.05) is 12.1 Å². The van der Waals surface area contributed by atoms with Crippen molar-refractivity contribution in [1.29, 1.82) is 0 Å². The molecule has 124 valence electrons. The van der Waals surface area contributed by atoms with Gasteiger partial charge in [0.1, 0.15) is 5.75 Å². The van der Waals surface area contributed by atoms with Crippen LogP contribution in [0.5, 0.6) is 17.2 Å². The molecule has 4 nitrogen and oxygen atoms in total. The van der Waals surface area contributed by atoms with Gasteiger partial charge < -0.3 is 20.3 Å². The molecule has 0 saturated heterocycles. The fraction of sp³-hybridized carbons (Fsp3) is 0.368. The molecule has 0 aromatic heterocycles. The molecule has 0 radical (unpaired) electrons. The number of aryl methyl sites for hydroxylation is 1. The number of β-amino-alcohol motifs (C(OH)–C–C–N with tert-alkyl or cyclic N) is 1. The Morgan fingerprint density at radius 3 is 2.48 bits per heavy atom. The number of hydrogen-bond donors (Lipinski definition) is 3. The van der Waals surface area contributed by atoms with E-state index in [9.17, 15) is 10.2 Å². The zero-order valence-electron chi connectivity index (χ0n) is 14.1. The summed E-state index contributed by atoms with van der Waals surface area (Å²) in [5, 5.41) is 23.6. The molecule has 0 saturated carbocycles. The number of hydrogen-bond acceptors (Lipinski definition) is 4. The fourth-order valence-electron chi connectivity index (χ4n) is 2.15. The van der Waals surface area contributed by atoms with E-state index in [4.69, 9.17) is 4.74 Å². The van der Waals surface area contributed by atoms with Crippen LogP contribution < -0.4 is 10.1 Å². The maximum atomic E-state index is 10.2. The monoisotopic (exact) mass is 315 g/mol. The van der Waals surface area contributed by atoms with Gasteiger partial charge in [-0.05, 0) is 63.1 Å². The van der Waals surface area contributed by atoms with Crippen LogP contribution >= 0.6 is 0 Å². The van der Waals surface area contributed by atoms with Crippen LogP contribution in [0.25, 0.3) is 0 Å². The molecule has 0 amide bonds. The van der Waals surface area contributed by atoms with E-state index in [1.54, 1.807) is 18.2 Å². The lowest BCUT2D eigenvalue weighted by Gasteiger charge is -2.23. The summed E-state index contributed by atoms with van der Waals surface area (Å²) in [5.41, 5.74) is 1.66. The zero-order chi connectivity index (χ0) is 17.0. The van der Waals surface area contributed by atoms with Gasteiger partial charge in [0.2, 0.25) is 0 Å². The molecule has 4 heteroatoms. The van der Waals surface area contributed by atoms with Crippen LogP contribution in [0.4, 0.5) is 0 Å². The van der Waals surface area contributed by atoms with E-state index in [2.05, 4.69) is 5.32 Å². The Bertz CT molecular complexity index is 662. The summed E-state index contributed by atoms with van der Waals surface area (Å²) in [5.74, 6) is 1.05. The standard InChI is InChI=1S/C19H25NO3/c1-13-6-5-7-15(10-13)23-18-9-8-14(11-16(18)21)17(22)12-20-19(2,3)4/h5-11,17,20-22H,12H2,1-4H3. The van der Waals surface area contributed by atoms with Crippen molar-refractivity contribution >= 4 is 0 Å². The zero-order valence-corrected chi connectivity index (χ0v) is 14.1. The van der Waals surface area contributed by atoms with E-state index in [1.807, 2.05) is 52.0 Å². The summed E-state index contributed by atoms with van der Waals surface area (Å²) < 4.78 is 5.69. The second-order valence-electron chi connectivity index (χ2n) is 6.79. The van der Waals surface area contributed by atoms with Gasteiger partial charge in [0.15, 0.2) is 11.5 Å².